The largest absolute Gasteiger partial charge is 0.489 e. The molecule has 0 amide bonds. The third-order valence-corrected chi connectivity index (χ3v) is 2.99. The number of nitro groups is 1. The van der Waals surface area contributed by atoms with Crippen molar-refractivity contribution in [3.8, 4) is 5.75 Å². The molecule has 0 heterocycles. The summed E-state index contributed by atoms with van der Waals surface area (Å²) in [5, 5.41) is 10.9. The van der Waals surface area contributed by atoms with Gasteiger partial charge in [-0.3, -0.25) is 14.9 Å². The molecule has 0 unspecified atom stereocenters. The van der Waals surface area contributed by atoms with Crippen LogP contribution in [0.25, 0.3) is 0 Å². The van der Waals surface area contributed by atoms with Gasteiger partial charge in [0.1, 0.15) is 12.4 Å². The van der Waals surface area contributed by atoms with Crippen LogP contribution in [0.15, 0.2) is 48.5 Å². The molecule has 2 aromatic rings. The summed E-state index contributed by atoms with van der Waals surface area (Å²) in [4.78, 5) is 22.1. The molecule has 108 valence electrons. The van der Waals surface area contributed by atoms with E-state index in [1.807, 2.05) is 30.3 Å². The number of ketones is 1. The molecule has 5 nitrogen and oxygen atoms in total. The molecule has 0 aliphatic carbocycles. The van der Waals surface area contributed by atoms with Crippen molar-refractivity contribution in [3.05, 3.63) is 69.8 Å². The zero-order chi connectivity index (χ0) is 15.2. The van der Waals surface area contributed by atoms with E-state index in [4.69, 9.17) is 4.74 Å². The van der Waals surface area contributed by atoms with Crippen LogP contribution in [-0.4, -0.2) is 10.7 Å². The topological polar surface area (TPSA) is 69.4 Å². The quantitative estimate of drug-likeness (QED) is 0.460. The predicted octanol–water partition coefficient (Wildman–Crippen LogP) is 3.77. The number of rotatable bonds is 6. The van der Waals surface area contributed by atoms with E-state index in [1.54, 1.807) is 13.0 Å². The highest BCUT2D eigenvalue weighted by Crippen LogP contribution is 2.24. The Morgan fingerprint density at radius 2 is 1.90 bits per heavy atom. The zero-order valence-corrected chi connectivity index (χ0v) is 11.6. The van der Waals surface area contributed by atoms with Gasteiger partial charge in [-0.15, -0.1) is 0 Å². The van der Waals surface area contributed by atoms with Gasteiger partial charge in [-0.05, 0) is 11.6 Å². The monoisotopic (exact) mass is 285 g/mol. The molecule has 0 saturated carbocycles. The first-order chi connectivity index (χ1) is 10.1. The molecule has 2 rings (SSSR count). The fourth-order valence-electron chi connectivity index (χ4n) is 1.88. The van der Waals surface area contributed by atoms with Crippen LogP contribution in [0.3, 0.4) is 0 Å². The van der Waals surface area contributed by atoms with Gasteiger partial charge in [0.25, 0.3) is 5.69 Å². The van der Waals surface area contributed by atoms with Gasteiger partial charge in [0.15, 0.2) is 5.78 Å². The second-order valence-electron chi connectivity index (χ2n) is 4.52. The normalized spacial score (nSPS) is 10.1. The van der Waals surface area contributed by atoms with Gasteiger partial charge in [0.05, 0.1) is 11.0 Å². The lowest BCUT2D eigenvalue weighted by molar-refractivity contribution is -0.385. The van der Waals surface area contributed by atoms with Gasteiger partial charge in [-0.1, -0.05) is 37.3 Å². The number of benzene rings is 2. The number of hydrogen-bond donors (Lipinski definition) is 0. The maximum Gasteiger partial charge on any atom is 0.273 e. The van der Waals surface area contributed by atoms with Crippen LogP contribution < -0.4 is 4.74 Å². The van der Waals surface area contributed by atoms with Crippen LogP contribution in [0.1, 0.15) is 29.3 Å². The number of ether oxygens (including phenoxy) is 1. The third-order valence-electron chi connectivity index (χ3n) is 2.99. The molecule has 0 N–H and O–H groups in total. The number of nitro benzene ring substituents is 1. The van der Waals surface area contributed by atoms with E-state index < -0.39 is 4.92 Å². The van der Waals surface area contributed by atoms with Crippen molar-refractivity contribution in [1.82, 2.24) is 0 Å². The fourth-order valence-corrected chi connectivity index (χ4v) is 1.88. The van der Waals surface area contributed by atoms with Crippen LogP contribution in [0.2, 0.25) is 0 Å². The van der Waals surface area contributed by atoms with Crippen molar-refractivity contribution in [2.24, 2.45) is 0 Å². The summed E-state index contributed by atoms with van der Waals surface area (Å²) in [5.41, 5.74) is 1.11. The van der Waals surface area contributed by atoms with Crippen LogP contribution in [0, 0.1) is 10.1 Å². The molecule has 0 atom stereocenters. The van der Waals surface area contributed by atoms with E-state index in [9.17, 15) is 14.9 Å². The maximum absolute atomic E-state index is 11.7. The van der Waals surface area contributed by atoms with Gasteiger partial charge >= 0.3 is 0 Å². The Morgan fingerprint density at radius 1 is 1.19 bits per heavy atom. The first kappa shape index (κ1) is 14.7. The fraction of sp³-hybridized carbons (Fsp3) is 0.188. The lowest BCUT2D eigenvalue weighted by Crippen LogP contribution is -2.01. The van der Waals surface area contributed by atoms with Crippen molar-refractivity contribution in [3.63, 3.8) is 0 Å². The summed E-state index contributed by atoms with van der Waals surface area (Å²) >= 11 is 0. The Kier molecular flexibility index (Phi) is 4.66. The number of carbonyl (C=O) groups excluding carboxylic acids is 1. The SMILES string of the molecule is CCC(=O)c1cc(OCc2ccccc2)cc([N+](=O)[O-])c1. The van der Waals surface area contributed by atoms with Crippen LogP contribution in [0.5, 0.6) is 5.75 Å². The average Bonchev–Trinajstić information content (AvgIpc) is 2.52. The number of nitrogens with zero attached hydrogens (tertiary/aromatic N) is 1. The molecule has 0 aliphatic heterocycles. The zero-order valence-electron chi connectivity index (χ0n) is 11.6. The van der Waals surface area contributed by atoms with E-state index >= 15 is 0 Å². The molecular weight excluding hydrogens is 270 g/mol. The van der Waals surface area contributed by atoms with Gasteiger partial charge < -0.3 is 4.74 Å². The summed E-state index contributed by atoms with van der Waals surface area (Å²) in [6.45, 7) is 2.01. The Bertz CT molecular complexity index is 653. The summed E-state index contributed by atoms with van der Waals surface area (Å²) in [6, 6.07) is 13.6. The molecule has 0 saturated heterocycles. The van der Waals surface area contributed by atoms with Crippen LogP contribution >= 0.6 is 0 Å². The summed E-state index contributed by atoms with van der Waals surface area (Å²) < 4.78 is 5.56. The lowest BCUT2D eigenvalue weighted by Gasteiger charge is -2.08. The summed E-state index contributed by atoms with van der Waals surface area (Å²) in [6.07, 6.45) is 0.291. The van der Waals surface area contributed by atoms with Gasteiger partial charge in [0, 0.05) is 18.1 Å². The average molecular weight is 285 g/mol. The molecule has 0 spiro atoms. The standard InChI is InChI=1S/C16H15NO4/c1-2-16(18)13-8-14(17(19)20)10-15(9-13)21-11-12-6-4-3-5-7-12/h3-10H,2,11H2,1H3. The predicted molar refractivity (Wildman–Crippen MR) is 78.5 cm³/mol. The molecule has 0 aromatic heterocycles. The molecule has 0 bridgehead atoms. The van der Waals surface area contributed by atoms with Crippen LogP contribution in [-0.2, 0) is 6.61 Å². The van der Waals surface area contributed by atoms with E-state index in [1.165, 1.54) is 12.1 Å². The minimum absolute atomic E-state index is 0.141. The second-order valence-corrected chi connectivity index (χ2v) is 4.52. The number of hydrogen-bond acceptors (Lipinski definition) is 4. The maximum atomic E-state index is 11.7. The lowest BCUT2D eigenvalue weighted by atomic mass is 10.1. The summed E-state index contributed by atoms with van der Waals surface area (Å²) in [7, 11) is 0. The van der Waals surface area contributed by atoms with Gasteiger partial charge in [-0.25, -0.2) is 0 Å². The van der Waals surface area contributed by atoms with Crippen molar-refractivity contribution in [2.45, 2.75) is 20.0 Å². The van der Waals surface area contributed by atoms with E-state index in [2.05, 4.69) is 0 Å². The number of Topliss-reactive ketones (excluding diaryl/α,β-unsaturated/α-hetero) is 1. The first-order valence-electron chi connectivity index (χ1n) is 6.59. The molecule has 5 heteroatoms. The van der Waals surface area contributed by atoms with Gasteiger partial charge in [-0.2, -0.15) is 0 Å². The van der Waals surface area contributed by atoms with E-state index in [-0.39, 0.29) is 11.5 Å². The first-order valence-corrected chi connectivity index (χ1v) is 6.59. The van der Waals surface area contributed by atoms with E-state index in [0.29, 0.717) is 24.3 Å². The molecular formula is C16H15NO4. The molecule has 2 aromatic carbocycles. The van der Waals surface area contributed by atoms with Crippen molar-refractivity contribution in [2.75, 3.05) is 0 Å². The smallest absolute Gasteiger partial charge is 0.273 e. The number of carbonyl (C=O) groups is 1. The highest BCUT2D eigenvalue weighted by Gasteiger charge is 2.14. The third kappa shape index (κ3) is 3.89. The van der Waals surface area contributed by atoms with Crippen molar-refractivity contribution in [1.29, 1.82) is 0 Å². The van der Waals surface area contributed by atoms with Crippen LogP contribution in [0.4, 0.5) is 5.69 Å². The Labute approximate surface area is 122 Å². The number of non-ortho nitro benzene ring substituents is 1. The summed E-state index contributed by atoms with van der Waals surface area (Å²) in [5.74, 6) is 0.174. The molecule has 21 heavy (non-hydrogen) atoms. The highest BCUT2D eigenvalue weighted by atomic mass is 16.6. The van der Waals surface area contributed by atoms with Crippen molar-refractivity contribution >= 4 is 11.5 Å². The molecule has 0 radical (unpaired) electrons. The molecule has 0 aliphatic rings. The van der Waals surface area contributed by atoms with Gasteiger partial charge in [0.2, 0.25) is 0 Å². The molecule has 0 fully saturated rings. The second kappa shape index (κ2) is 6.65. The van der Waals surface area contributed by atoms with E-state index in [0.717, 1.165) is 5.56 Å². The Morgan fingerprint density at radius 3 is 2.52 bits per heavy atom. The Balaban J connectivity index is 2.23. The Hall–Kier alpha value is -2.69. The van der Waals surface area contributed by atoms with Crippen molar-refractivity contribution < 1.29 is 14.5 Å². The minimum Gasteiger partial charge on any atom is -0.489 e. The highest BCUT2D eigenvalue weighted by molar-refractivity contribution is 5.96. The minimum atomic E-state index is -0.526.